The van der Waals surface area contributed by atoms with Crippen LogP contribution in [0.3, 0.4) is 0 Å². The van der Waals surface area contributed by atoms with E-state index in [2.05, 4.69) is 6.07 Å². The van der Waals surface area contributed by atoms with Gasteiger partial charge in [0.2, 0.25) is 0 Å². The molecular weight excluding hydrogens is 585 g/mol. The lowest BCUT2D eigenvalue weighted by Crippen LogP contribution is -2.43. The normalized spacial score (nSPS) is 17.8. The number of piperidine rings is 1. The first-order valence-corrected chi connectivity index (χ1v) is 15.9. The number of aromatic nitrogens is 1. The van der Waals surface area contributed by atoms with Gasteiger partial charge in [-0.2, -0.15) is 5.26 Å². The summed E-state index contributed by atoms with van der Waals surface area (Å²) < 4.78 is 12.7. The lowest BCUT2D eigenvalue weighted by molar-refractivity contribution is -0.148. The van der Waals surface area contributed by atoms with Gasteiger partial charge in [0, 0.05) is 31.7 Å². The van der Waals surface area contributed by atoms with Gasteiger partial charge in [-0.25, -0.2) is 0 Å². The van der Waals surface area contributed by atoms with Crippen molar-refractivity contribution in [3.63, 3.8) is 0 Å². The fourth-order valence-corrected chi connectivity index (χ4v) is 6.78. The summed E-state index contributed by atoms with van der Waals surface area (Å²) in [6.45, 7) is 7.75. The highest BCUT2D eigenvalue weighted by atomic mass is 32.2. The first-order valence-electron chi connectivity index (χ1n) is 14.7. The van der Waals surface area contributed by atoms with Crippen molar-refractivity contribution < 1.29 is 19.1 Å². The Morgan fingerprint density at radius 1 is 1.21 bits per heavy atom. The first-order chi connectivity index (χ1) is 20.7. The van der Waals surface area contributed by atoms with Crippen molar-refractivity contribution >= 4 is 52.1 Å². The number of methoxy groups -OCH3 is 1. The van der Waals surface area contributed by atoms with Crippen LogP contribution in [0.25, 0.3) is 6.08 Å². The molecule has 0 radical (unpaired) electrons. The van der Waals surface area contributed by atoms with Crippen LogP contribution in [0.4, 0.5) is 5.82 Å². The number of unbranched alkanes of at least 4 members (excludes halogenated alkanes) is 1. The Labute approximate surface area is 262 Å². The van der Waals surface area contributed by atoms with Gasteiger partial charge in [0.15, 0.2) is 0 Å². The van der Waals surface area contributed by atoms with Crippen LogP contribution in [-0.4, -0.2) is 59.0 Å². The molecule has 1 aromatic heterocycles. The lowest BCUT2D eigenvalue weighted by atomic mass is 9.96. The number of rotatable bonds is 11. The number of thioether (sulfide) groups is 1. The van der Waals surface area contributed by atoms with E-state index in [1.807, 2.05) is 36.1 Å². The highest BCUT2D eigenvalue weighted by Crippen LogP contribution is 2.37. The molecule has 2 fully saturated rings. The maximum Gasteiger partial charge on any atom is 0.310 e. The highest BCUT2D eigenvalue weighted by molar-refractivity contribution is 8.26. The number of anilines is 1. The average Bonchev–Trinajstić information content (AvgIpc) is 3.28. The minimum Gasteiger partial charge on any atom is -0.497 e. The summed E-state index contributed by atoms with van der Waals surface area (Å²) in [7, 11) is 1.62. The van der Waals surface area contributed by atoms with Gasteiger partial charge in [-0.15, -0.1) is 0 Å². The maximum atomic E-state index is 13.7. The van der Waals surface area contributed by atoms with E-state index >= 15 is 0 Å². The average molecular weight is 623 g/mol. The summed E-state index contributed by atoms with van der Waals surface area (Å²) in [5, 5.41) is 9.99. The topological polar surface area (TPSA) is 105 Å². The maximum absolute atomic E-state index is 13.7. The molecule has 3 heterocycles. The molecule has 228 valence electrons. The van der Waals surface area contributed by atoms with E-state index in [-0.39, 0.29) is 28.9 Å². The lowest BCUT2D eigenvalue weighted by Gasteiger charge is -2.36. The third-order valence-electron chi connectivity index (χ3n) is 7.85. The van der Waals surface area contributed by atoms with E-state index in [1.165, 1.54) is 11.8 Å². The second kappa shape index (κ2) is 14.7. The summed E-state index contributed by atoms with van der Waals surface area (Å²) >= 11 is 6.84. The van der Waals surface area contributed by atoms with Gasteiger partial charge in [-0.3, -0.25) is 23.9 Å². The Morgan fingerprint density at radius 3 is 2.60 bits per heavy atom. The number of carbonyl (C=O) groups is 2. The summed E-state index contributed by atoms with van der Waals surface area (Å²) in [6, 6.07) is 9.81. The van der Waals surface area contributed by atoms with Crippen molar-refractivity contribution in [2.45, 2.75) is 59.4 Å². The molecule has 0 bridgehead atoms. The van der Waals surface area contributed by atoms with E-state index in [9.17, 15) is 19.6 Å². The van der Waals surface area contributed by atoms with Crippen LogP contribution in [0, 0.1) is 24.2 Å². The molecule has 1 amide bonds. The molecule has 2 saturated heterocycles. The second-order valence-electron chi connectivity index (χ2n) is 10.6. The Hall–Kier alpha value is -3.62. The number of esters is 1. The van der Waals surface area contributed by atoms with E-state index in [0.29, 0.717) is 71.8 Å². The van der Waals surface area contributed by atoms with Crippen LogP contribution < -0.4 is 15.2 Å². The van der Waals surface area contributed by atoms with Crippen LogP contribution in [0.15, 0.2) is 34.0 Å². The standard InChI is InChI=1S/C32H38N4O5S2/c1-5-7-16-35-28(34-15-8-9-23(20-34)31(39)41-6-2)25(21(3)26(19-33)29(35)37)18-27-30(38)36(32(42)43-27)17-14-22-10-12-24(40-4)13-11-22/h10-13,18,23H,5-9,14-17,20H2,1-4H3. The molecule has 0 N–H and O–H groups in total. The molecule has 11 heteroatoms. The highest BCUT2D eigenvalue weighted by Gasteiger charge is 2.34. The zero-order valence-electron chi connectivity index (χ0n) is 25.2. The number of carbonyl (C=O) groups excluding carboxylic acids is 2. The molecule has 0 spiro atoms. The van der Waals surface area contributed by atoms with Crippen molar-refractivity contribution in [3.8, 4) is 11.8 Å². The van der Waals surface area contributed by atoms with Gasteiger partial charge < -0.3 is 14.4 Å². The molecule has 2 aliphatic heterocycles. The Balaban J connectivity index is 1.74. The smallest absolute Gasteiger partial charge is 0.310 e. The third-order valence-corrected chi connectivity index (χ3v) is 9.23. The van der Waals surface area contributed by atoms with Crippen LogP contribution in [-0.2, 0) is 27.3 Å². The predicted octanol–water partition coefficient (Wildman–Crippen LogP) is 5.06. The molecule has 1 unspecified atom stereocenters. The number of ether oxygens (including phenoxy) is 2. The van der Waals surface area contributed by atoms with Crippen molar-refractivity contribution in [1.29, 1.82) is 5.26 Å². The second-order valence-corrected chi connectivity index (χ2v) is 12.3. The minimum absolute atomic E-state index is 0.0556. The van der Waals surface area contributed by atoms with Gasteiger partial charge in [0.05, 0.1) is 24.5 Å². The Bertz CT molecular complexity index is 1510. The first kappa shape index (κ1) is 32.3. The van der Waals surface area contributed by atoms with Gasteiger partial charge >= 0.3 is 5.97 Å². The molecule has 4 rings (SSSR count). The zero-order valence-corrected chi connectivity index (χ0v) is 26.8. The van der Waals surface area contributed by atoms with Gasteiger partial charge in [0.1, 0.15) is 27.5 Å². The number of thiocarbonyl (C=S) groups is 1. The zero-order chi connectivity index (χ0) is 31.1. The van der Waals surface area contributed by atoms with Crippen LogP contribution >= 0.6 is 24.0 Å². The van der Waals surface area contributed by atoms with Crippen molar-refractivity contribution in [3.05, 3.63) is 61.8 Å². The molecule has 1 atom stereocenters. The number of nitriles is 1. The number of benzene rings is 1. The summed E-state index contributed by atoms with van der Waals surface area (Å²) in [6.07, 6.45) is 5.44. The Morgan fingerprint density at radius 2 is 1.95 bits per heavy atom. The SMILES string of the molecule is CCCCn1c(N2CCCC(C(=O)OCC)C2)c(C=C2SC(=S)N(CCc3ccc(OC)cc3)C2=O)c(C)c(C#N)c1=O. The minimum atomic E-state index is -0.356. The van der Waals surface area contributed by atoms with Gasteiger partial charge in [-0.1, -0.05) is 49.5 Å². The molecule has 0 saturated carbocycles. The Kier molecular flexibility index (Phi) is 11.0. The molecule has 2 aliphatic rings. The summed E-state index contributed by atoms with van der Waals surface area (Å²) in [5.74, 6) is 0.611. The van der Waals surface area contributed by atoms with Crippen LogP contribution in [0.5, 0.6) is 5.75 Å². The van der Waals surface area contributed by atoms with Gasteiger partial charge in [-0.05, 0) is 68.9 Å². The summed E-state index contributed by atoms with van der Waals surface area (Å²) in [5.41, 5.74) is 1.90. The van der Waals surface area contributed by atoms with E-state index in [4.69, 9.17) is 21.7 Å². The van der Waals surface area contributed by atoms with E-state index in [0.717, 1.165) is 30.6 Å². The number of nitrogens with zero attached hydrogens (tertiary/aromatic N) is 4. The van der Waals surface area contributed by atoms with Crippen molar-refractivity contribution in [2.24, 2.45) is 5.92 Å². The largest absolute Gasteiger partial charge is 0.497 e. The fraction of sp³-hybridized carbons (Fsp3) is 0.469. The molecule has 2 aromatic rings. The molecule has 0 aliphatic carbocycles. The monoisotopic (exact) mass is 622 g/mol. The van der Waals surface area contributed by atoms with Crippen molar-refractivity contribution in [1.82, 2.24) is 9.47 Å². The summed E-state index contributed by atoms with van der Waals surface area (Å²) in [4.78, 5) is 44.1. The van der Waals surface area contributed by atoms with Gasteiger partial charge in [0.25, 0.3) is 11.5 Å². The van der Waals surface area contributed by atoms with Crippen LogP contribution in [0.2, 0.25) is 0 Å². The molecule has 1 aromatic carbocycles. The van der Waals surface area contributed by atoms with Crippen molar-refractivity contribution in [2.75, 3.05) is 38.3 Å². The quantitative estimate of drug-likeness (QED) is 0.193. The number of pyridine rings is 1. The fourth-order valence-electron chi connectivity index (χ4n) is 5.49. The van der Waals surface area contributed by atoms with Crippen LogP contribution in [0.1, 0.15) is 61.8 Å². The molecule has 9 nitrogen and oxygen atoms in total. The number of amides is 1. The molecule has 43 heavy (non-hydrogen) atoms. The number of hydrogen-bond acceptors (Lipinski definition) is 9. The molecular formula is C32H38N4O5S2. The third kappa shape index (κ3) is 7.13. The predicted molar refractivity (Wildman–Crippen MR) is 173 cm³/mol. The van der Waals surface area contributed by atoms with E-state index < -0.39 is 0 Å². The number of hydrogen-bond donors (Lipinski definition) is 0. The van der Waals surface area contributed by atoms with E-state index in [1.54, 1.807) is 36.5 Å².